The highest BCUT2D eigenvalue weighted by molar-refractivity contribution is 5.77. The van der Waals surface area contributed by atoms with Crippen LogP contribution in [0, 0.1) is 10.8 Å². The number of rotatable bonds is 1. The van der Waals surface area contributed by atoms with E-state index in [1.165, 1.54) is 12.4 Å². The summed E-state index contributed by atoms with van der Waals surface area (Å²) in [5.41, 5.74) is 6.13. The number of hydrogen-bond donors (Lipinski definition) is 2. The maximum absolute atomic E-state index is 6.94. The molecule has 0 saturated heterocycles. The summed E-state index contributed by atoms with van der Waals surface area (Å²) < 4.78 is 0. The molecule has 0 aromatic rings. The first kappa shape index (κ1) is 8.21. The lowest BCUT2D eigenvalue weighted by Gasteiger charge is -2.17. The van der Waals surface area contributed by atoms with E-state index in [2.05, 4.69) is 0 Å². The first-order chi connectivity index (χ1) is 4.02. The van der Waals surface area contributed by atoms with Crippen LogP contribution >= 0.6 is 0 Å². The van der Waals surface area contributed by atoms with E-state index in [0.717, 1.165) is 5.57 Å². The van der Waals surface area contributed by atoms with Crippen LogP contribution in [0.25, 0.3) is 0 Å². The van der Waals surface area contributed by atoms with Gasteiger partial charge in [-0.15, -0.1) is 0 Å². The summed E-state index contributed by atoms with van der Waals surface area (Å²) in [5, 5.41) is 6.94. The van der Waals surface area contributed by atoms with E-state index in [4.69, 9.17) is 11.1 Å². The fraction of sp³-hybridized carbons (Fsp3) is 0.571. The van der Waals surface area contributed by atoms with E-state index in [1.54, 1.807) is 0 Å². The van der Waals surface area contributed by atoms with Crippen LogP contribution in [-0.2, 0) is 0 Å². The Hall–Kier alpha value is -0.790. The van der Waals surface area contributed by atoms with E-state index < -0.39 is 0 Å². The molecule has 0 fully saturated rings. The molecule has 2 heteroatoms. The second kappa shape index (κ2) is 2.67. The molecule has 0 bridgehead atoms. The van der Waals surface area contributed by atoms with Crippen molar-refractivity contribution in [1.29, 1.82) is 5.41 Å². The van der Waals surface area contributed by atoms with Crippen molar-refractivity contribution in [2.75, 3.05) is 0 Å². The summed E-state index contributed by atoms with van der Waals surface area (Å²) in [5.74, 6) is 0. The molecular weight excluding hydrogens is 112 g/mol. The molecule has 0 aromatic carbocycles. The van der Waals surface area contributed by atoms with Crippen LogP contribution in [0.2, 0.25) is 0 Å². The Morgan fingerprint density at radius 2 is 1.89 bits per heavy atom. The van der Waals surface area contributed by atoms with Crippen molar-refractivity contribution in [1.82, 2.24) is 0 Å². The zero-order chi connectivity index (χ0) is 7.49. The molecule has 0 aliphatic carbocycles. The van der Waals surface area contributed by atoms with Crippen LogP contribution in [0.1, 0.15) is 20.8 Å². The van der Waals surface area contributed by atoms with Crippen LogP contribution in [0.15, 0.2) is 11.8 Å². The first-order valence-corrected chi connectivity index (χ1v) is 2.95. The summed E-state index contributed by atoms with van der Waals surface area (Å²) in [6.07, 6.45) is 2.77. The Balaban J connectivity index is 4.32. The second-order valence-corrected chi connectivity index (χ2v) is 3.02. The van der Waals surface area contributed by atoms with Crippen molar-refractivity contribution in [2.24, 2.45) is 11.1 Å². The van der Waals surface area contributed by atoms with Gasteiger partial charge in [0.05, 0.1) is 0 Å². The summed E-state index contributed by atoms with van der Waals surface area (Å²) in [6.45, 7) is 6.07. The van der Waals surface area contributed by atoms with Crippen molar-refractivity contribution < 1.29 is 0 Å². The number of nitrogens with one attached hydrogen (secondary N) is 1. The summed E-state index contributed by atoms with van der Waals surface area (Å²) >= 11 is 0. The Bertz CT molecular complexity index is 128. The molecule has 0 aliphatic heterocycles. The lowest BCUT2D eigenvalue weighted by Crippen LogP contribution is -2.11. The number of nitrogens with two attached hydrogens (primary N) is 1. The average molecular weight is 126 g/mol. The predicted octanol–water partition coefficient (Wildman–Crippen LogP) is 1.52. The summed E-state index contributed by atoms with van der Waals surface area (Å²) in [6, 6.07) is 0. The Morgan fingerprint density at radius 1 is 1.44 bits per heavy atom. The van der Waals surface area contributed by atoms with E-state index in [9.17, 15) is 0 Å². The third-order valence-corrected chi connectivity index (χ3v) is 1.20. The monoisotopic (exact) mass is 126 g/mol. The van der Waals surface area contributed by atoms with Crippen LogP contribution in [-0.4, -0.2) is 6.21 Å². The van der Waals surface area contributed by atoms with Gasteiger partial charge in [0.25, 0.3) is 0 Å². The largest absolute Gasteiger partial charge is 0.404 e. The van der Waals surface area contributed by atoms with Crippen LogP contribution in [0.4, 0.5) is 0 Å². The molecule has 0 radical (unpaired) electrons. The zero-order valence-electron chi connectivity index (χ0n) is 6.23. The molecule has 0 rings (SSSR count). The topological polar surface area (TPSA) is 49.9 Å². The summed E-state index contributed by atoms with van der Waals surface area (Å²) in [4.78, 5) is 0. The smallest absolute Gasteiger partial charge is 0.0229 e. The lowest BCUT2D eigenvalue weighted by molar-refractivity contribution is 0.525. The normalized spacial score (nSPS) is 13.4. The maximum atomic E-state index is 6.94. The second-order valence-electron chi connectivity index (χ2n) is 3.02. The molecule has 0 unspecified atom stereocenters. The maximum Gasteiger partial charge on any atom is 0.0229 e. The molecule has 52 valence electrons. The molecule has 0 aliphatic rings. The Labute approximate surface area is 56.3 Å². The average Bonchev–Trinajstić information content (AvgIpc) is 1.65. The highest BCUT2D eigenvalue weighted by Gasteiger charge is 2.13. The van der Waals surface area contributed by atoms with Gasteiger partial charge < -0.3 is 11.1 Å². The molecule has 0 atom stereocenters. The predicted molar refractivity (Wildman–Crippen MR) is 40.5 cm³/mol. The SMILES string of the molecule is CC(C)(C)/C(C=N)=C/N. The van der Waals surface area contributed by atoms with Gasteiger partial charge in [-0.3, -0.25) is 0 Å². The minimum absolute atomic E-state index is 0.0104. The van der Waals surface area contributed by atoms with E-state index in [1.807, 2.05) is 20.8 Å². The number of hydrogen-bond acceptors (Lipinski definition) is 2. The van der Waals surface area contributed by atoms with Gasteiger partial charge in [-0.05, 0) is 17.2 Å². The first-order valence-electron chi connectivity index (χ1n) is 2.95. The standard InChI is InChI=1S/C7H14N2/c1-7(2,3)6(4-8)5-9/h4-5,8H,9H2,1-3H3/b6-5+,8-4?. The van der Waals surface area contributed by atoms with Crippen LogP contribution in [0.5, 0.6) is 0 Å². The molecule has 3 N–H and O–H groups in total. The Morgan fingerprint density at radius 3 is 1.89 bits per heavy atom. The van der Waals surface area contributed by atoms with E-state index >= 15 is 0 Å². The van der Waals surface area contributed by atoms with Gasteiger partial charge in [0.1, 0.15) is 0 Å². The fourth-order valence-corrected chi connectivity index (χ4v) is 0.515. The van der Waals surface area contributed by atoms with Crippen molar-refractivity contribution >= 4 is 6.21 Å². The molecule has 0 amide bonds. The van der Waals surface area contributed by atoms with Gasteiger partial charge in [0, 0.05) is 6.21 Å². The van der Waals surface area contributed by atoms with Crippen molar-refractivity contribution in [3.63, 3.8) is 0 Å². The minimum atomic E-state index is 0.0104. The van der Waals surface area contributed by atoms with Gasteiger partial charge in [-0.25, -0.2) is 0 Å². The van der Waals surface area contributed by atoms with Crippen molar-refractivity contribution in [2.45, 2.75) is 20.8 Å². The molecule has 2 nitrogen and oxygen atoms in total. The third kappa shape index (κ3) is 2.31. The zero-order valence-corrected chi connectivity index (χ0v) is 6.23. The van der Waals surface area contributed by atoms with Gasteiger partial charge in [0.2, 0.25) is 0 Å². The third-order valence-electron chi connectivity index (χ3n) is 1.20. The van der Waals surface area contributed by atoms with E-state index in [-0.39, 0.29) is 5.41 Å². The van der Waals surface area contributed by atoms with Crippen molar-refractivity contribution in [3.8, 4) is 0 Å². The molecule has 0 heterocycles. The highest BCUT2D eigenvalue weighted by Crippen LogP contribution is 2.21. The van der Waals surface area contributed by atoms with Crippen LogP contribution < -0.4 is 5.73 Å². The molecular formula is C7H14N2. The Kier molecular flexibility index (Phi) is 2.43. The van der Waals surface area contributed by atoms with Gasteiger partial charge >= 0.3 is 0 Å². The molecule has 0 spiro atoms. The van der Waals surface area contributed by atoms with Crippen LogP contribution in [0.3, 0.4) is 0 Å². The molecule has 9 heavy (non-hydrogen) atoms. The fourth-order valence-electron chi connectivity index (χ4n) is 0.515. The quantitative estimate of drug-likeness (QED) is 0.514. The van der Waals surface area contributed by atoms with Crippen molar-refractivity contribution in [3.05, 3.63) is 11.8 Å². The minimum Gasteiger partial charge on any atom is -0.404 e. The molecule has 0 saturated carbocycles. The highest BCUT2D eigenvalue weighted by atomic mass is 14.5. The lowest BCUT2D eigenvalue weighted by atomic mass is 9.88. The van der Waals surface area contributed by atoms with Gasteiger partial charge in [-0.1, -0.05) is 20.8 Å². The van der Waals surface area contributed by atoms with Gasteiger partial charge in [-0.2, -0.15) is 0 Å². The molecule has 0 aromatic heterocycles. The summed E-state index contributed by atoms with van der Waals surface area (Å²) in [7, 11) is 0. The van der Waals surface area contributed by atoms with E-state index in [0.29, 0.717) is 0 Å². The number of allylic oxidation sites excluding steroid dienone is 1. The van der Waals surface area contributed by atoms with Gasteiger partial charge in [0.15, 0.2) is 0 Å².